The standard InChI is InChI=1S/C15H22N2O4S/c1-3-6-16-12(15(20)21)10-22-9-4-7-17-8-5-13(18)14(19)11(17)2/h3,5,8,12,16,19H,1,4,6-7,9-10H2,2H3,(H,20,21)/t12-/m0/s1. The van der Waals surface area contributed by atoms with E-state index in [4.69, 9.17) is 5.11 Å². The fraction of sp³-hybridized carbons (Fsp3) is 0.467. The minimum Gasteiger partial charge on any atom is -0.503 e. The molecular weight excluding hydrogens is 304 g/mol. The van der Waals surface area contributed by atoms with Crippen LogP contribution in [0.25, 0.3) is 0 Å². The maximum atomic E-state index is 11.3. The van der Waals surface area contributed by atoms with Crippen LogP contribution in [-0.4, -0.2) is 44.8 Å². The molecule has 0 aromatic carbocycles. The molecule has 0 spiro atoms. The largest absolute Gasteiger partial charge is 0.503 e. The highest BCUT2D eigenvalue weighted by Crippen LogP contribution is 2.11. The zero-order valence-electron chi connectivity index (χ0n) is 12.6. The van der Waals surface area contributed by atoms with Crippen LogP contribution in [0, 0.1) is 6.92 Å². The highest BCUT2D eigenvalue weighted by molar-refractivity contribution is 7.99. The Kier molecular flexibility index (Phi) is 7.76. The summed E-state index contributed by atoms with van der Waals surface area (Å²) in [5.74, 6) is 0.203. The van der Waals surface area contributed by atoms with Crippen LogP contribution in [0.4, 0.5) is 0 Å². The number of aliphatic carboxylic acids is 1. The highest BCUT2D eigenvalue weighted by atomic mass is 32.2. The lowest BCUT2D eigenvalue weighted by Gasteiger charge is -2.14. The number of pyridine rings is 1. The third-order valence-electron chi connectivity index (χ3n) is 3.19. The lowest BCUT2D eigenvalue weighted by molar-refractivity contribution is -0.138. The smallest absolute Gasteiger partial charge is 0.321 e. The van der Waals surface area contributed by atoms with Crippen LogP contribution in [-0.2, 0) is 11.3 Å². The first-order valence-electron chi connectivity index (χ1n) is 7.01. The molecule has 0 radical (unpaired) electrons. The SMILES string of the molecule is C=CCN[C@@H](CSCCCn1ccc(=O)c(O)c1C)C(=O)O. The second kappa shape index (κ2) is 9.32. The molecule has 22 heavy (non-hydrogen) atoms. The van der Waals surface area contributed by atoms with E-state index in [9.17, 15) is 14.7 Å². The average molecular weight is 326 g/mol. The van der Waals surface area contributed by atoms with Crippen LogP contribution >= 0.6 is 11.8 Å². The molecule has 122 valence electrons. The number of rotatable bonds is 10. The van der Waals surface area contributed by atoms with Crippen molar-refractivity contribution in [2.24, 2.45) is 0 Å². The molecule has 3 N–H and O–H groups in total. The van der Waals surface area contributed by atoms with Crippen molar-refractivity contribution >= 4 is 17.7 Å². The van der Waals surface area contributed by atoms with Crippen molar-refractivity contribution < 1.29 is 15.0 Å². The molecule has 1 rings (SSSR count). The summed E-state index contributed by atoms with van der Waals surface area (Å²) in [6.07, 6.45) is 4.11. The molecule has 1 atom stereocenters. The van der Waals surface area contributed by atoms with Gasteiger partial charge in [0.05, 0.1) is 5.69 Å². The predicted octanol–water partition coefficient (Wildman–Crippen LogP) is 1.21. The van der Waals surface area contributed by atoms with E-state index in [0.29, 0.717) is 24.5 Å². The summed E-state index contributed by atoms with van der Waals surface area (Å²) in [4.78, 5) is 22.3. The first-order valence-corrected chi connectivity index (χ1v) is 8.16. The molecular formula is C15H22N2O4S. The van der Waals surface area contributed by atoms with Crippen molar-refractivity contribution in [3.8, 4) is 5.75 Å². The van der Waals surface area contributed by atoms with Gasteiger partial charge in [-0.25, -0.2) is 0 Å². The number of carbonyl (C=O) groups is 1. The van der Waals surface area contributed by atoms with E-state index < -0.39 is 12.0 Å². The van der Waals surface area contributed by atoms with Crippen molar-refractivity contribution in [2.75, 3.05) is 18.1 Å². The fourth-order valence-corrected chi connectivity index (χ4v) is 2.88. The van der Waals surface area contributed by atoms with E-state index >= 15 is 0 Å². The molecule has 1 aromatic rings. The molecule has 0 aliphatic carbocycles. The fourth-order valence-electron chi connectivity index (χ4n) is 1.89. The average Bonchev–Trinajstić information content (AvgIpc) is 2.49. The van der Waals surface area contributed by atoms with E-state index in [0.717, 1.165) is 12.2 Å². The predicted molar refractivity (Wildman–Crippen MR) is 88.7 cm³/mol. The van der Waals surface area contributed by atoms with E-state index in [1.165, 1.54) is 6.07 Å². The summed E-state index contributed by atoms with van der Waals surface area (Å²) in [5.41, 5.74) is 0.175. The second-order valence-corrected chi connectivity index (χ2v) is 5.97. The molecule has 0 fully saturated rings. The molecule has 0 bridgehead atoms. The van der Waals surface area contributed by atoms with Gasteiger partial charge >= 0.3 is 5.97 Å². The van der Waals surface area contributed by atoms with Gasteiger partial charge in [0, 0.05) is 31.1 Å². The monoisotopic (exact) mass is 326 g/mol. The summed E-state index contributed by atoms with van der Waals surface area (Å²) in [6, 6.07) is 0.760. The Bertz CT molecular complexity index is 571. The number of carboxylic acid groups (broad SMARTS) is 1. The number of hydrogen-bond acceptors (Lipinski definition) is 5. The van der Waals surface area contributed by atoms with Crippen molar-refractivity contribution in [3.05, 3.63) is 40.8 Å². The molecule has 1 heterocycles. The van der Waals surface area contributed by atoms with Gasteiger partial charge in [-0.3, -0.25) is 9.59 Å². The van der Waals surface area contributed by atoms with Gasteiger partial charge in [0.2, 0.25) is 5.43 Å². The Morgan fingerprint density at radius 1 is 1.59 bits per heavy atom. The number of aryl methyl sites for hydroxylation is 1. The van der Waals surface area contributed by atoms with Gasteiger partial charge in [-0.15, -0.1) is 6.58 Å². The van der Waals surface area contributed by atoms with E-state index in [2.05, 4.69) is 11.9 Å². The van der Waals surface area contributed by atoms with Gasteiger partial charge in [-0.2, -0.15) is 11.8 Å². The first kappa shape index (κ1) is 18.3. The first-order chi connectivity index (χ1) is 10.5. The number of nitrogens with zero attached hydrogens (tertiary/aromatic N) is 1. The lowest BCUT2D eigenvalue weighted by atomic mass is 10.3. The number of thioether (sulfide) groups is 1. The summed E-state index contributed by atoms with van der Waals surface area (Å²) >= 11 is 1.56. The zero-order chi connectivity index (χ0) is 16.5. The topological polar surface area (TPSA) is 91.6 Å². The van der Waals surface area contributed by atoms with Crippen LogP contribution in [0.1, 0.15) is 12.1 Å². The van der Waals surface area contributed by atoms with Crippen LogP contribution in [0.3, 0.4) is 0 Å². The molecule has 6 nitrogen and oxygen atoms in total. The maximum Gasteiger partial charge on any atom is 0.321 e. The van der Waals surface area contributed by atoms with Gasteiger partial charge in [-0.1, -0.05) is 6.08 Å². The molecule has 0 saturated carbocycles. The molecule has 1 aromatic heterocycles. The van der Waals surface area contributed by atoms with Crippen molar-refractivity contribution in [1.29, 1.82) is 0 Å². The lowest BCUT2D eigenvalue weighted by Crippen LogP contribution is -2.38. The Hall–Kier alpha value is -1.73. The Morgan fingerprint density at radius 2 is 2.32 bits per heavy atom. The van der Waals surface area contributed by atoms with Crippen LogP contribution < -0.4 is 10.7 Å². The Morgan fingerprint density at radius 3 is 2.95 bits per heavy atom. The number of aromatic nitrogens is 1. The third kappa shape index (κ3) is 5.57. The van der Waals surface area contributed by atoms with Crippen LogP contribution in [0.5, 0.6) is 5.75 Å². The van der Waals surface area contributed by atoms with Gasteiger partial charge in [0.15, 0.2) is 5.75 Å². The molecule has 7 heteroatoms. The van der Waals surface area contributed by atoms with Gasteiger partial charge in [0.25, 0.3) is 0 Å². The van der Waals surface area contributed by atoms with E-state index in [1.807, 2.05) is 4.57 Å². The van der Waals surface area contributed by atoms with Gasteiger partial charge in [-0.05, 0) is 19.1 Å². The number of carboxylic acids is 1. The van der Waals surface area contributed by atoms with Crippen LogP contribution in [0.2, 0.25) is 0 Å². The zero-order valence-corrected chi connectivity index (χ0v) is 13.4. The number of nitrogens with one attached hydrogen (secondary N) is 1. The number of hydrogen-bond donors (Lipinski definition) is 3. The van der Waals surface area contributed by atoms with Crippen molar-refractivity contribution in [1.82, 2.24) is 9.88 Å². The third-order valence-corrected chi connectivity index (χ3v) is 4.34. The summed E-state index contributed by atoms with van der Waals surface area (Å²) < 4.78 is 1.82. The molecule has 0 aliphatic heterocycles. The minimum absolute atomic E-state index is 0.213. The molecule has 0 amide bonds. The summed E-state index contributed by atoms with van der Waals surface area (Å²) in [7, 11) is 0. The molecule has 0 unspecified atom stereocenters. The number of aromatic hydroxyl groups is 1. The van der Waals surface area contributed by atoms with Gasteiger partial charge in [0.1, 0.15) is 6.04 Å². The summed E-state index contributed by atoms with van der Waals surface area (Å²) in [6.45, 7) is 6.38. The van der Waals surface area contributed by atoms with Crippen LogP contribution in [0.15, 0.2) is 29.7 Å². The quantitative estimate of drug-likeness (QED) is 0.442. The second-order valence-electron chi connectivity index (χ2n) is 4.82. The van der Waals surface area contributed by atoms with Crippen molar-refractivity contribution in [3.63, 3.8) is 0 Å². The summed E-state index contributed by atoms with van der Waals surface area (Å²) in [5, 5.41) is 21.5. The molecule has 0 saturated heterocycles. The minimum atomic E-state index is -0.865. The maximum absolute atomic E-state index is 11.3. The highest BCUT2D eigenvalue weighted by Gasteiger charge is 2.15. The van der Waals surface area contributed by atoms with E-state index in [1.54, 1.807) is 31.0 Å². The molecule has 0 aliphatic rings. The van der Waals surface area contributed by atoms with E-state index in [-0.39, 0.29) is 11.2 Å². The Labute approximate surface area is 133 Å². The van der Waals surface area contributed by atoms with Gasteiger partial charge < -0.3 is 20.1 Å². The Balaban J connectivity index is 2.36. The van der Waals surface area contributed by atoms with Crippen molar-refractivity contribution in [2.45, 2.75) is 25.9 Å². The normalized spacial score (nSPS) is 12.0.